The van der Waals surface area contributed by atoms with Crippen molar-refractivity contribution in [2.75, 3.05) is 0 Å². The average Bonchev–Trinajstić information content (AvgIpc) is 3.58. The zero-order valence-electron chi connectivity index (χ0n) is 25.4. The van der Waals surface area contributed by atoms with Crippen molar-refractivity contribution in [2.24, 2.45) is 0 Å². The summed E-state index contributed by atoms with van der Waals surface area (Å²) in [7, 11) is -1.91. The van der Waals surface area contributed by atoms with E-state index in [9.17, 15) is 0 Å². The molecule has 2 aliphatic rings. The van der Waals surface area contributed by atoms with Crippen LogP contribution in [0.15, 0.2) is 115 Å². The van der Waals surface area contributed by atoms with Crippen LogP contribution in [0, 0.1) is 0 Å². The molecule has 3 nitrogen and oxygen atoms in total. The fraction of sp³-hybridized carbons (Fsp3) is 0.0750. The van der Waals surface area contributed by atoms with Crippen molar-refractivity contribution in [1.29, 1.82) is 0 Å². The second kappa shape index (κ2) is 7.93. The summed E-state index contributed by atoms with van der Waals surface area (Å²) in [5, 5.41) is 10.4. The SMILES string of the molecule is C[Si](C)(C)c1nc2ccccc2c2cc3c4c(c12)-n1c2ccccc2c2cccc(c21)B4c1cccc2c4ccccc4n-3c12. The maximum Gasteiger partial charge on any atom is 0.252 e. The Bertz CT molecular complexity index is 2820. The minimum Gasteiger partial charge on any atom is -0.310 e. The van der Waals surface area contributed by atoms with Crippen LogP contribution in [0.25, 0.3) is 76.7 Å². The highest BCUT2D eigenvalue weighted by molar-refractivity contribution is 7.01. The van der Waals surface area contributed by atoms with Gasteiger partial charge in [-0.1, -0.05) is 111 Å². The molecule has 210 valence electrons. The van der Waals surface area contributed by atoms with Gasteiger partial charge in [-0.15, -0.1) is 0 Å². The van der Waals surface area contributed by atoms with Gasteiger partial charge in [0.05, 0.1) is 22.2 Å². The Morgan fingerprint density at radius 1 is 0.556 bits per heavy atom. The number of nitrogens with zero attached hydrogens (tertiary/aromatic N) is 3. The molecule has 0 bridgehead atoms. The van der Waals surface area contributed by atoms with E-state index < -0.39 is 8.07 Å². The van der Waals surface area contributed by atoms with E-state index in [0.29, 0.717) is 0 Å². The Balaban J connectivity index is 1.51. The summed E-state index contributed by atoms with van der Waals surface area (Å²) in [6, 6.07) is 43.2. The third-order valence-electron chi connectivity index (χ3n) is 10.5. The molecule has 0 fully saturated rings. The van der Waals surface area contributed by atoms with Crippen molar-refractivity contribution in [1.82, 2.24) is 14.1 Å². The molecule has 0 amide bonds. The fourth-order valence-electron chi connectivity index (χ4n) is 8.86. The molecule has 6 aromatic carbocycles. The zero-order valence-corrected chi connectivity index (χ0v) is 26.4. The topological polar surface area (TPSA) is 22.8 Å². The number of para-hydroxylation sites is 5. The maximum atomic E-state index is 5.53. The van der Waals surface area contributed by atoms with Crippen molar-refractivity contribution in [3.05, 3.63) is 115 Å². The Labute approximate surface area is 261 Å². The van der Waals surface area contributed by atoms with Crippen LogP contribution in [0.2, 0.25) is 19.6 Å². The lowest BCUT2D eigenvalue weighted by Gasteiger charge is -2.35. The summed E-state index contributed by atoms with van der Waals surface area (Å²) in [4.78, 5) is 5.53. The molecular formula is C40H28BN3Si. The molecule has 9 aromatic rings. The molecule has 0 atom stereocenters. The quantitative estimate of drug-likeness (QED) is 0.146. The monoisotopic (exact) mass is 589 g/mol. The lowest BCUT2D eigenvalue weighted by molar-refractivity contribution is 1.16. The number of aromatic nitrogens is 3. The molecule has 0 spiro atoms. The molecular weight excluding hydrogens is 561 g/mol. The van der Waals surface area contributed by atoms with E-state index in [-0.39, 0.29) is 6.71 Å². The number of hydrogen-bond donors (Lipinski definition) is 0. The molecule has 0 aliphatic carbocycles. The van der Waals surface area contributed by atoms with Crippen molar-refractivity contribution < 1.29 is 0 Å². The maximum absolute atomic E-state index is 5.53. The summed E-state index contributed by atoms with van der Waals surface area (Å²) in [5.41, 5.74) is 13.1. The smallest absolute Gasteiger partial charge is 0.252 e. The van der Waals surface area contributed by atoms with Gasteiger partial charge < -0.3 is 9.13 Å². The minimum atomic E-state index is -1.91. The second-order valence-corrected chi connectivity index (χ2v) is 18.9. The molecule has 0 saturated heterocycles. The Kier molecular flexibility index (Phi) is 4.27. The summed E-state index contributed by atoms with van der Waals surface area (Å²) >= 11 is 0. The molecule has 5 heterocycles. The highest BCUT2D eigenvalue weighted by Gasteiger charge is 2.42. The molecule has 5 heteroatoms. The van der Waals surface area contributed by atoms with E-state index in [1.807, 2.05) is 0 Å². The van der Waals surface area contributed by atoms with E-state index in [0.717, 1.165) is 5.52 Å². The van der Waals surface area contributed by atoms with Crippen molar-refractivity contribution >= 4 is 102 Å². The first kappa shape index (κ1) is 24.2. The summed E-state index contributed by atoms with van der Waals surface area (Å²) < 4.78 is 5.20. The van der Waals surface area contributed by atoms with Gasteiger partial charge >= 0.3 is 0 Å². The first-order valence-corrected chi connectivity index (χ1v) is 19.5. The Hall–Kier alpha value is -5.13. The fourth-order valence-corrected chi connectivity index (χ4v) is 10.3. The normalized spacial score (nSPS) is 13.6. The number of hydrogen-bond acceptors (Lipinski definition) is 1. The largest absolute Gasteiger partial charge is 0.310 e. The standard InChI is InChI=1S/C40H28BN3Si/c1-45(2,3)40-35-28(23-12-4-7-19-31(23)42-40)22-34-36-39(35)44-33-21-9-6-14-25(33)27-16-11-18-30(38(27)44)41(36)29-17-10-15-26-24-13-5-8-20-32(24)43(34)37(26)29/h4-22H,1-3H3. The number of benzene rings is 6. The Morgan fingerprint density at radius 3 is 1.78 bits per heavy atom. The van der Waals surface area contributed by atoms with Crippen molar-refractivity contribution in [3.63, 3.8) is 0 Å². The van der Waals surface area contributed by atoms with Gasteiger partial charge in [-0.3, -0.25) is 4.98 Å². The van der Waals surface area contributed by atoms with Gasteiger partial charge in [-0.2, -0.15) is 0 Å². The van der Waals surface area contributed by atoms with Gasteiger partial charge in [0.2, 0.25) is 0 Å². The molecule has 3 aromatic heterocycles. The highest BCUT2D eigenvalue weighted by atomic mass is 28.3. The molecule has 0 radical (unpaired) electrons. The van der Waals surface area contributed by atoms with Gasteiger partial charge in [-0.05, 0) is 46.0 Å². The van der Waals surface area contributed by atoms with Crippen LogP contribution in [0.5, 0.6) is 0 Å². The van der Waals surface area contributed by atoms with E-state index in [4.69, 9.17) is 4.98 Å². The van der Waals surface area contributed by atoms with E-state index in [1.165, 1.54) is 92.9 Å². The number of fused-ring (bicyclic) bond motifs is 14. The Morgan fingerprint density at radius 2 is 1.11 bits per heavy atom. The van der Waals surface area contributed by atoms with Crippen LogP contribution in [0.3, 0.4) is 0 Å². The first-order valence-electron chi connectivity index (χ1n) is 16.0. The van der Waals surface area contributed by atoms with Crippen molar-refractivity contribution in [2.45, 2.75) is 19.6 Å². The van der Waals surface area contributed by atoms with Crippen LogP contribution in [-0.4, -0.2) is 28.9 Å². The molecule has 0 saturated carbocycles. The second-order valence-electron chi connectivity index (χ2n) is 13.9. The van der Waals surface area contributed by atoms with Crippen LogP contribution in [0.4, 0.5) is 0 Å². The van der Waals surface area contributed by atoms with Crippen LogP contribution >= 0.6 is 0 Å². The van der Waals surface area contributed by atoms with Gasteiger partial charge in [0.1, 0.15) is 8.07 Å². The molecule has 11 rings (SSSR count). The predicted molar refractivity (Wildman–Crippen MR) is 196 cm³/mol. The van der Waals surface area contributed by atoms with E-state index in [2.05, 4.69) is 144 Å². The summed E-state index contributed by atoms with van der Waals surface area (Å²) in [6.45, 7) is 7.48. The molecule has 2 aliphatic heterocycles. The molecule has 0 N–H and O–H groups in total. The summed E-state index contributed by atoms with van der Waals surface area (Å²) in [5.74, 6) is 0. The third kappa shape index (κ3) is 2.78. The predicted octanol–water partition coefficient (Wildman–Crippen LogP) is 7.27. The minimum absolute atomic E-state index is 0.126. The lowest BCUT2D eigenvalue weighted by Crippen LogP contribution is -2.59. The van der Waals surface area contributed by atoms with Crippen molar-refractivity contribution in [3.8, 4) is 11.4 Å². The lowest BCUT2D eigenvalue weighted by atomic mass is 9.34. The zero-order chi connectivity index (χ0) is 29.8. The van der Waals surface area contributed by atoms with Gasteiger partial charge in [0.25, 0.3) is 6.71 Å². The van der Waals surface area contributed by atoms with Crippen LogP contribution in [-0.2, 0) is 0 Å². The van der Waals surface area contributed by atoms with Crippen LogP contribution < -0.4 is 21.7 Å². The molecule has 45 heavy (non-hydrogen) atoms. The van der Waals surface area contributed by atoms with E-state index in [1.54, 1.807) is 0 Å². The highest BCUT2D eigenvalue weighted by Crippen LogP contribution is 2.42. The van der Waals surface area contributed by atoms with Gasteiger partial charge in [0.15, 0.2) is 0 Å². The summed E-state index contributed by atoms with van der Waals surface area (Å²) in [6.07, 6.45) is 0. The molecule has 0 unspecified atom stereocenters. The number of pyridine rings is 1. The van der Waals surface area contributed by atoms with Gasteiger partial charge in [-0.25, -0.2) is 0 Å². The van der Waals surface area contributed by atoms with Gasteiger partial charge in [0, 0.05) is 54.4 Å². The van der Waals surface area contributed by atoms with E-state index >= 15 is 0 Å². The first-order chi connectivity index (χ1) is 22.0. The number of rotatable bonds is 1. The average molecular weight is 590 g/mol. The van der Waals surface area contributed by atoms with Crippen LogP contribution in [0.1, 0.15) is 0 Å². The third-order valence-corrected chi connectivity index (χ3v) is 12.3.